The van der Waals surface area contributed by atoms with Gasteiger partial charge in [0.1, 0.15) is 0 Å². The van der Waals surface area contributed by atoms with Gasteiger partial charge in [-0.25, -0.2) is 0 Å². The first-order valence-corrected chi connectivity index (χ1v) is 7.76. The molecular weight excluding hydrogens is 322 g/mol. The highest BCUT2D eigenvalue weighted by Gasteiger charge is 2.21. The SMILES string of the molecule is Cc1ccc(-c2nnc([C@@H](C)Oc3ccc(C)cc3[N+](=O)[O-])o2)cc1. The molecule has 0 spiro atoms. The largest absolute Gasteiger partial charge is 0.474 e. The molecule has 0 saturated carbocycles. The predicted octanol–water partition coefficient (Wildman–Crippen LogP) is 4.40. The lowest BCUT2D eigenvalue weighted by atomic mass is 10.1. The molecule has 7 nitrogen and oxygen atoms in total. The second-order valence-corrected chi connectivity index (χ2v) is 5.80. The van der Waals surface area contributed by atoms with Crippen molar-refractivity contribution in [1.29, 1.82) is 0 Å². The van der Waals surface area contributed by atoms with Crippen molar-refractivity contribution < 1.29 is 14.1 Å². The lowest BCUT2D eigenvalue weighted by Gasteiger charge is -2.11. The summed E-state index contributed by atoms with van der Waals surface area (Å²) < 4.78 is 11.3. The Bertz CT molecular complexity index is 903. The van der Waals surface area contributed by atoms with Crippen LogP contribution >= 0.6 is 0 Å². The Balaban J connectivity index is 1.82. The first-order valence-electron chi connectivity index (χ1n) is 7.76. The molecule has 3 aromatic rings. The van der Waals surface area contributed by atoms with E-state index in [-0.39, 0.29) is 17.3 Å². The number of ether oxygens (including phenoxy) is 1. The molecule has 0 N–H and O–H groups in total. The molecule has 128 valence electrons. The molecule has 2 aromatic carbocycles. The lowest BCUT2D eigenvalue weighted by Crippen LogP contribution is -2.05. The Morgan fingerprint density at radius 1 is 1.08 bits per heavy atom. The van der Waals surface area contributed by atoms with Gasteiger partial charge in [0, 0.05) is 11.6 Å². The monoisotopic (exact) mass is 339 g/mol. The minimum absolute atomic E-state index is 0.0925. The second-order valence-electron chi connectivity index (χ2n) is 5.80. The van der Waals surface area contributed by atoms with Crippen LogP contribution in [0, 0.1) is 24.0 Å². The van der Waals surface area contributed by atoms with Gasteiger partial charge in [-0.15, -0.1) is 10.2 Å². The van der Waals surface area contributed by atoms with Gasteiger partial charge >= 0.3 is 5.69 Å². The number of hydrogen-bond donors (Lipinski definition) is 0. The van der Waals surface area contributed by atoms with Crippen molar-refractivity contribution in [3.05, 3.63) is 69.6 Å². The van der Waals surface area contributed by atoms with Gasteiger partial charge in [-0.05, 0) is 44.5 Å². The molecule has 0 aliphatic carbocycles. The van der Waals surface area contributed by atoms with E-state index >= 15 is 0 Å². The fourth-order valence-electron chi connectivity index (χ4n) is 2.32. The van der Waals surface area contributed by atoms with Gasteiger partial charge in [-0.1, -0.05) is 23.8 Å². The van der Waals surface area contributed by atoms with Gasteiger partial charge in [-0.2, -0.15) is 0 Å². The first kappa shape index (κ1) is 16.6. The molecule has 0 aliphatic heterocycles. The molecule has 7 heteroatoms. The van der Waals surface area contributed by atoms with Crippen LogP contribution in [0.4, 0.5) is 5.69 Å². The number of nitro groups is 1. The van der Waals surface area contributed by atoms with E-state index in [4.69, 9.17) is 9.15 Å². The zero-order valence-electron chi connectivity index (χ0n) is 14.1. The van der Waals surface area contributed by atoms with Crippen molar-refractivity contribution in [3.63, 3.8) is 0 Å². The van der Waals surface area contributed by atoms with Crippen LogP contribution in [-0.2, 0) is 0 Å². The van der Waals surface area contributed by atoms with E-state index in [1.54, 1.807) is 26.0 Å². The fraction of sp³-hybridized carbons (Fsp3) is 0.222. The standard InChI is InChI=1S/C18H17N3O4/c1-11-4-7-14(8-5-11)18-20-19-17(25-18)13(3)24-16-9-6-12(2)10-15(16)21(22)23/h4-10,13H,1-3H3/t13-/m1/s1. The van der Waals surface area contributed by atoms with Crippen LogP contribution < -0.4 is 4.74 Å². The molecule has 25 heavy (non-hydrogen) atoms. The number of aryl methyl sites for hydroxylation is 2. The zero-order valence-corrected chi connectivity index (χ0v) is 14.1. The Hall–Kier alpha value is -3.22. The van der Waals surface area contributed by atoms with Gasteiger partial charge in [0.2, 0.25) is 5.89 Å². The van der Waals surface area contributed by atoms with E-state index in [1.807, 2.05) is 31.2 Å². The highest BCUT2D eigenvalue weighted by Crippen LogP contribution is 2.32. The van der Waals surface area contributed by atoms with Crippen LogP contribution in [0.15, 0.2) is 46.9 Å². The smallest absolute Gasteiger partial charge is 0.311 e. The van der Waals surface area contributed by atoms with Crippen LogP contribution in [0.25, 0.3) is 11.5 Å². The summed E-state index contributed by atoms with van der Waals surface area (Å²) in [7, 11) is 0. The second kappa shape index (κ2) is 6.72. The Morgan fingerprint density at radius 2 is 1.76 bits per heavy atom. The summed E-state index contributed by atoms with van der Waals surface area (Å²) in [4.78, 5) is 10.7. The Labute approximate surface area is 144 Å². The van der Waals surface area contributed by atoms with Gasteiger partial charge < -0.3 is 9.15 Å². The number of benzene rings is 2. The molecule has 1 atom stereocenters. The summed E-state index contributed by atoms with van der Waals surface area (Å²) in [5, 5.41) is 19.2. The maximum Gasteiger partial charge on any atom is 0.311 e. The van der Waals surface area contributed by atoms with E-state index in [1.165, 1.54) is 6.07 Å². The third kappa shape index (κ3) is 3.65. The Morgan fingerprint density at radius 3 is 2.44 bits per heavy atom. The summed E-state index contributed by atoms with van der Waals surface area (Å²) in [6.45, 7) is 5.48. The molecule has 0 radical (unpaired) electrons. The van der Waals surface area contributed by atoms with Crippen molar-refractivity contribution in [2.24, 2.45) is 0 Å². The molecule has 1 heterocycles. The van der Waals surface area contributed by atoms with E-state index in [0.29, 0.717) is 5.89 Å². The molecule has 0 fully saturated rings. The first-order chi connectivity index (χ1) is 11.9. The summed E-state index contributed by atoms with van der Waals surface area (Å²) in [6.07, 6.45) is -0.617. The number of aromatic nitrogens is 2. The number of rotatable bonds is 5. The van der Waals surface area contributed by atoms with E-state index in [9.17, 15) is 10.1 Å². The Kier molecular flexibility index (Phi) is 4.47. The highest BCUT2D eigenvalue weighted by atomic mass is 16.6. The van der Waals surface area contributed by atoms with Gasteiger partial charge in [-0.3, -0.25) is 10.1 Å². The maximum absolute atomic E-state index is 11.2. The molecule has 0 saturated heterocycles. The molecule has 0 bridgehead atoms. The minimum Gasteiger partial charge on any atom is -0.474 e. The van der Waals surface area contributed by atoms with Crippen molar-refractivity contribution in [1.82, 2.24) is 10.2 Å². The van der Waals surface area contributed by atoms with Crippen molar-refractivity contribution in [2.45, 2.75) is 26.9 Å². The average molecular weight is 339 g/mol. The van der Waals surface area contributed by atoms with E-state index in [2.05, 4.69) is 10.2 Å². The molecule has 0 unspecified atom stereocenters. The third-order valence-electron chi connectivity index (χ3n) is 3.70. The molecule has 1 aromatic heterocycles. The van der Waals surface area contributed by atoms with Gasteiger partial charge in [0.05, 0.1) is 4.92 Å². The summed E-state index contributed by atoms with van der Waals surface area (Å²) in [5.41, 5.74) is 2.63. The van der Waals surface area contributed by atoms with E-state index in [0.717, 1.165) is 16.7 Å². The zero-order chi connectivity index (χ0) is 18.0. The lowest BCUT2D eigenvalue weighted by molar-refractivity contribution is -0.386. The number of hydrogen-bond acceptors (Lipinski definition) is 6. The molecule has 0 amide bonds. The van der Waals surface area contributed by atoms with E-state index < -0.39 is 11.0 Å². The third-order valence-corrected chi connectivity index (χ3v) is 3.70. The highest BCUT2D eigenvalue weighted by molar-refractivity contribution is 5.53. The topological polar surface area (TPSA) is 91.3 Å². The molecular formula is C18H17N3O4. The normalized spacial score (nSPS) is 12.0. The summed E-state index contributed by atoms with van der Waals surface area (Å²) in [5.74, 6) is 0.799. The van der Waals surface area contributed by atoms with Crippen molar-refractivity contribution >= 4 is 5.69 Å². The van der Waals surface area contributed by atoms with Gasteiger partial charge in [0.25, 0.3) is 5.89 Å². The quantitative estimate of drug-likeness (QED) is 0.505. The predicted molar refractivity (Wildman–Crippen MR) is 91.3 cm³/mol. The maximum atomic E-state index is 11.2. The fourth-order valence-corrected chi connectivity index (χ4v) is 2.32. The van der Waals surface area contributed by atoms with Crippen molar-refractivity contribution in [3.8, 4) is 17.2 Å². The number of nitro benzene ring substituents is 1. The van der Waals surface area contributed by atoms with Crippen LogP contribution in [0.3, 0.4) is 0 Å². The average Bonchev–Trinajstić information content (AvgIpc) is 3.07. The molecule has 3 rings (SSSR count). The summed E-state index contributed by atoms with van der Waals surface area (Å²) in [6, 6.07) is 12.5. The van der Waals surface area contributed by atoms with Gasteiger partial charge in [0.15, 0.2) is 11.9 Å². The summed E-state index contributed by atoms with van der Waals surface area (Å²) >= 11 is 0. The molecule has 0 aliphatic rings. The van der Waals surface area contributed by atoms with Crippen LogP contribution in [0.5, 0.6) is 5.75 Å². The van der Waals surface area contributed by atoms with Crippen LogP contribution in [0.1, 0.15) is 30.0 Å². The van der Waals surface area contributed by atoms with Crippen molar-refractivity contribution in [2.75, 3.05) is 0 Å². The number of nitrogens with zero attached hydrogens (tertiary/aromatic N) is 3. The van der Waals surface area contributed by atoms with Crippen LogP contribution in [-0.4, -0.2) is 15.1 Å². The minimum atomic E-state index is -0.617. The van der Waals surface area contributed by atoms with Crippen LogP contribution in [0.2, 0.25) is 0 Å².